The lowest BCUT2D eigenvalue weighted by molar-refractivity contribution is -0.136. The van der Waals surface area contributed by atoms with Crippen molar-refractivity contribution in [2.75, 3.05) is 13.1 Å². The SMILES string of the molecule is C=C1CN(C(=O)[C@H](NC(=O)c2ccc(Cl)cc2)C(C)C)CC[C@]1(O)c1ccc(Cl)cc1. The van der Waals surface area contributed by atoms with E-state index in [4.69, 9.17) is 23.2 Å². The van der Waals surface area contributed by atoms with Crippen molar-refractivity contribution in [3.8, 4) is 0 Å². The molecule has 1 aliphatic rings. The third-order valence-corrected chi connectivity index (χ3v) is 6.17. The Balaban J connectivity index is 1.72. The molecule has 0 bridgehead atoms. The number of rotatable bonds is 5. The van der Waals surface area contributed by atoms with Crippen LogP contribution in [-0.2, 0) is 10.4 Å². The van der Waals surface area contributed by atoms with Crippen LogP contribution in [0.4, 0.5) is 0 Å². The minimum atomic E-state index is -1.22. The lowest BCUT2D eigenvalue weighted by Crippen LogP contribution is -2.55. The molecule has 0 unspecified atom stereocenters. The summed E-state index contributed by atoms with van der Waals surface area (Å²) in [4.78, 5) is 27.5. The average molecular weight is 461 g/mol. The molecule has 1 saturated heterocycles. The largest absolute Gasteiger partial charge is 0.381 e. The van der Waals surface area contributed by atoms with E-state index < -0.39 is 11.6 Å². The van der Waals surface area contributed by atoms with E-state index in [1.54, 1.807) is 53.4 Å². The molecule has 7 heteroatoms. The molecule has 2 amide bonds. The van der Waals surface area contributed by atoms with E-state index in [0.717, 1.165) is 0 Å². The molecule has 164 valence electrons. The number of halogens is 2. The summed E-state index contributed by atoms with van der Waals surface area (Å²) < 4.78 is 0. The van der Waals surface area contributed by atoms with Crippen molar-refractivity contribution in [1.82, 2.24) is 10.2 Å². The predicted octanol–water partition coefficient (Wildman–Crippen LogP) is 4.42. The maximum atomic E-state index is 13.2. The van der Waals surface area contributed by atoms with E-state index in [2.05, 4.69) is 11.9 Å². The van der Waals surface area contributed by atoms with Gasteiger partial charge < -0.3 is 15.3 Å². The van der Waals surface area contributed by atoms with Crippen LogP contribution in [0, 0.1) is 5.92 Å². The summed E-state index contributed by atoms with van der Waals surface area (Å²) in [6.07, 6.45) is 0.315. The highest BCUT2D eigenvalue weighted by Crippen LogP contribution is 2.37. The Morgan fingerprint density at radius 2 is 1.61 bits per heavy atom. The van der Waals surface area contributed by atoms with Crippen molar-refractivity contribution in [2.45, 2.75) is 31.9 Å². The highest BCUT2D eigenvalue weighted by molar-refractivity contribution is 6.30. The molecule has 0 radical (unpaired) electrons. The number of amides is 2. The van der Waals surface area contributed by atoms with Crippen molar-refractivity contribution in [3.05, 3.63) is 81.9 Å². The number of carbonyl (C=O) groups is 2. The molecular formula is C24H26Cl2N2O3. The van der Waals surface area contributed by atoms with E-state index >= 15 is 0 Å². The second kappa shape index (κ2) is 9.43. The number of hydrogen-bond donors (Lipinski definition) is 2. The van der Waals surface area contributed by atoms with E-state index in [1.807, 2.05) is 13.8 Å². The Labute approximate surface area is 192 Å². The van der Waals surface area contributed by atoms with Crippen molar-refractivity contribution in [1.29, 1.82) is 0 Å². The van der Waals surface area contributed by atoms with Crippen LogP contribution in [0.25, 0.3) is 0 Å². The molecule has 1 heterocycles. The first-order chi connectivity index (χ1) is 14.6. The number of piperidine rings is 1. The molecule has 1 fully saturated rings. The third-order valence-electron chi connectivity index (χ3n) is 5.67. The van der Waals surface area contributed by atoms with E-state index in [9.17, 15) is 14.7 Å². The number of hydrogen-bond acceptors (Lipinski definition) is 3. The maximum Gasteiger partial charge on any atom is 0.251 e. The molecule has 0 aliphatic carbocycles. The maximum absolute atomic E-state index is 13.2. The Morgan fingerprint density at radius 1 is 1.06 bits per heavy atom. The zero-order valence-corrected chi connectivity index (χ0v) is 19.1. The van der Waals surface area contributed by atoms with Gasteiger partial charge in [0, 0.05) is 35.1 Å². The molecule has 3 rings (SSSR count). The predicted molar refractivity (Wildman–Crippen MR) is 123 cm³/mol. The fourth-order valence-corrected chi connectivity index (χ4v) is 3.96. The first kappa shape index (κ1) is 23.3. The van der Waals surface area contributed by atoms with E-state index in [-0.39, 0.29) is 24.3 Å². The molecular weight excluding hydrogens is 435 g/mol. The minimum absolute atomic E-state index is 0.117. The van der Waals surface area contributed by atoms with Gasteiger partial charge in [-0.25, -0.2) is 0 Å². The molecule has 2 aromatic carbocycles. The van der Waals surface area contributed by atoms with Crippen molar-refractivity contribution in [2.24, 2.45) is 5.92 Å². The van der Waals surface area contributed by atoms with Crippen LogP contribution in [0.3, 0.4) is 0 Å². The number of carbonyl (C=O) groups excluding carboxylic acids is 2. The first-order valence-corrected chi connectivity index (χ1v) is 10.9. The molecule has 0 aromatic heterocycles. The summed E-state index contributed by atoms with van der Waals surface area (Å²) in [6, 6.07) is 12.8. The third kappa shape index (κ3) is 5.12. The van der Waals surface area contributed by atoms with Crippen LogP contribution >= 0.6 is 23.2 Å². The van der Waals surface area contributed by atoms with Gasteiger partial charge >= 0.3 is 0 Å². The zero-order chi connectivity index (χ0) is 22.8. The van der Waals surface area contributed by atoms with Crippen LogP contribution in [0.2, 0.25) is 10.0 Å². The number of nitrogens with zero attached hydrogens (tertiary/aromatic N) is 1. The Morgan fingerprint density at radius 3 is 2.13 bits per heavy atom. The zero-order valence-electron chi connectivity index (χ0n) is 17.6. The molecule has 0 spiro atoms. The molecule has 31 heavy (non-hydrogen) atoms. The fourth-order valence-electron chi connectivity index (χ4n) is 3.71. The fraction of sp³-hybridized carbons (Fsp3) is 0.333. The van der Waals surface area contributed by atoms with Crippen LogP contribution < -0.4 is 5.32 Å². The standard InChI is InChI=1S/C24H26Cl2N2O3/c1-15(2)21(27-22(29)17-4-8-19(25)9-5-17)23(30)28-13-12-24(31,16(3)14-28)18-6-10-20(26)11-7-18/h4-11,15,21,31H,3,12-14H2,1-2H3,(H,27,29)/t21-,24-/m1/s1. The van der Waals surface area contributed by atoms with E-state index in [1.165, 1.54) is 0 Å². The van der Waals surface area contributed by atoms with Gasteiger partial charge in [-0.1, -0.05) is 55.8 Å². The first-order valence-electron chi connectivity index (χ1n) is 10.1. The molecule has 5 nitrogen and oxygen atoms in total. The van der Waals surface area contributed by atoms with Gasteiger partial charge in [0.05, 0.1) is 0 Å². The van der Waals surface area contributed by atoms with Gasteiger partial charge in [0.1, 0.15) is 11.6 Å². The molecule has 0 saturated carbocycles. The summed E-state index contributed by atoms with van der Waals surface area (Å²) in [5, 5.41) is 15.2. The summed E-state index contributed by atoms with van der Waals surface area (Å²) in [5.74, 6) is -0.650. The van der Waals surface area contributed by atoms with Crippen LogP contribution in [0.1, 0.15) is 36.2 Å². The smallest absolute Gasteiger partial charge is 0.251 e. The number of aliphatic hydroxyl groups is 1. The summed E-state index contributed by atoms with van der Waals surface area (Å²) in [7, 11) is 0. The van der Waals surface area contributed by atoms with Gasteiger partial charge in [-0.3, -0.25) is 9.59 Å². The normalized spacial score (nSPS) is 19.9. The second-order valence-corrected chi connectivity index (χ2v) is 9.06. The molecule has 2 N–H and O–H groups in total. The summed E-state index contributed by atoms with van der Waals surface area (Å²) in [5.41, 5.74) is 0.441. The van der Waals surface area contributed by atoms with E-state index in [0.29, 0.717) is 39.7 Å². The minimum Gasteiger partial charge on any atom is -0.381 e. The average Bonchev–Trinajstić information content (AvgIpc) is 2.74. The molecule has 2 aromatic rings. The van der Waals surface area contributed by atoms with Gasteiger partial charge in [-0.05, 0) is 53.5 Å². The lowest BCUT2D eigenvalue weighted by atomic mass is 9.81. The Hall–Kier alpha value is -2.34. The highest BCUT2D eigenvalue weighted by Gasteiger charge is 2.40. The molecule has 1 aliphatic heterocycles. The van der Waals surface area contributed by atoms with Crippen LogP contribution in [0.5, 0.6) is 0 Å². The monoisotopic (exact) mass is 460 g/mol. The van der Waals surface area contributed by atoms with Crippen molar-refractivity contribution < 1.29 is 14.7 Å². The van der Waals surface area contributed by atoms with Gasteiger partial charge in [-0.15, -0.1) is 0 Å². The van der Waals surface area contributed by atoms with Gasteiger partial charge in [0.25, 0.3) is 5.91 Å². The Kier molecular flexibility index (Phi) is 7.10. The van der Waals surface area contributed by atoms with Gasteiger partial charge in [0.2, 0.25) is 5.91 Å². The quantitative estimate of drug-likeness (QED) is 0.648. The highest BCUT2D eigenvalue weighted by atomic mass is 35.5. The lowest BCUT2D eigenvalue weighted by Gasteiger charge is -2.42. The Bertz CT molecular complexity index is 973. The number of benzene rings is 2. The number of nitrogens with one attached hydrogen (secondary N) is 1. The summed E-state index contributed by atoms with van der Waals surface area (Å²) >= 11 is 11.8. The van der Waals surface area contributed by atoms with Crippen LogP contribution in [-0.4, -0.2) is 41.0 Å². The van der Waals surface area contributed by atoms with Gasteiger partial charge in [-0.2, -0.15) is 0 Å². The molecule has 2 atom stereocenters. The van der Waals surface area contributed by atoms with Crippen molar-refractivity contribution >= 4 is 35.0 Å². The second-order valence-electron chi connectivity index (χ2n) is 8.18. The van der Waals surface area contributed by atoms with Gasteiger partial charge in [0.15, 0.2) is 0 Å². The van der Waals surface area contributed by atoms with Crippen LogP contribution in [0.15, 0.2) is 60.7 Å². The summed E-state index contributed by atoms with van der Waals surface area (Å²) in [6.45, 7) is 8.36. The number of likely N-dealkylation sites (tertiary alicyclic amines) is 1. The van der Waals surface area contributed by atoms with Crippen molar-refractivity contribution in [3.63, 3.8) is 0 Å². The topological polar surface area (TPSA) is 69.6 Å².